The second kappa shape index (κ2) is 8.51. The number of nitrogens with one attached hydrogen (secondary N) is 1. The molecule has 1 aromatic rings. The number of aryl methyl sites for hydroxylation is 2. The molecule has 0 unspecified atom stereocenters. The quantitative estimate of drug-likeness (QED) is 0.735. The Balaban J connectivity index is 0.00000243. The van der Waals surface area contributed by atoms with Gasteiger partial charge in [-0.15, -0.1) is 0 Å². The molecular weight excluding hydrogens is 399 g/mol. The molecule has 2 fully saturated rings. The van der Waals surface area contributed by atoms with E-state index in [0.717, 1.165) is 60.2 Å². The van der Waals surface area contributed by atoms with E-state index in [4.69, 9.17) is 5.26 Å². The first kappa shape index (κ1) is 21.5. The second-order valence-electron chi connectivity index (χ2n) is 7.91. The maximum atomic E-state index is 13.4. The summed E-state index contributed by atoms with van der Waals surface area (Å²) in [6, 6.07) is 5.92. The van der Waals surface area contributed by atoms with Gasteiger partial charge in [-0.3, -0.25) is 4.79 Å². The minimum absolute atomic E-state index is 0. The number of nitrogens with zero attached hydrogens (tertiary/aromatic N) is 2. The van der Waals surface area contributed by atoms with Crippen molar-refractivity contribution in [1.29, 1.82) is 5.26 Å². The number of benzene rings is 1. The van der Waals surface area contributed by atoms with E-state index in [2.05, 4.69) is 18.3 Å². The Morgan fingerprint density at radius 2 is 1.73 bits per heavy atom. The predicted molar refractivity (Wildman–Crippen MR) is 100 cm³/mol. The fourth-order valence-electron chi connectivity index (χ4n) is 5.05. The molecule has 1 saturated heterocycles. The van der Waals surface area contributed by atoms with E-state index < -0.39 is 0 Å². The summed E-state index contributed by atoms with van der Waals surface area (Å²) < 4.78 is 0.965. The van der Waals surface area contributed by atoms with E-state index >= 15 is 0 Å². The number of carbonyl (C=O) groups is 1. The largest absolute Gasteiger partial charge is 0.320 e. The van der Waals surface area contributed by atoms with Gasteiger partial charge < -0.3 is 9.80 Å². The topological polar surface area (TPSA) is 52.9 Å². The Labute approximate surface area is 182 Å². The molecule has 3 rings (SSSR count). The number of likely N-dealkylation sites (N-methyl/N-ethyl adjacent to an activating group) is 1. The van der Waals surface area contributed by atoms with Crippen LogP contribution in [-0.2, 0) is 37.5 Å². The minimum Gasteiger partial charge on any atom is -0.320 e. The van der Waals surface area contributed by atoms with Gasteiger partial charge in [0.25, 0.3) is 5.91 Å². The third-order valence-electron chi connectivity index (χ3n) is 6.69. The van der Waals surface area contributed by atoms with Gasteiger partial charge in [-0.2, -0.15) is 5.26 Å². The van der Waals surface area contributed by atoms with Gasteiger partial charge in [0.15, 0.2) is 5.54 Å². The SMILES string of the molecule is CC[N+]1(C2(C(=O)Nc3c(C)cc(C#N)cc3C)CCC2)CCCCC1.[Y]. The smallest absolute Gasteiger partial charge is 0.285 e. The number of quaternary nitrogens is 1. The number of amides is 1. The molecule has 1 aliphatic heterocycles. The summed E-state index contributed by atoms with van der Waals surface area (Å²) in [5, 5.41) is 12.4. The molecule has 1 N–H and O–H groups in total. The molecule has 0 atom stereocenters. The number of rotatable bonds is 4. The average Bonchev–Trinajstić information content (AvgIpc) is 2.57. The first-order chi connectivity index (χ1) is 12.0. The van der Waals surface area contributed by atoms with Crippen LogP contribution in [0, 0.1) is 25.2 Å². The number of likely N-dealkylation sites (tertiary alicyclic amines) is 1. The summed E-state index contributed by atoms with van der Waals surface area (Å²) in [4.78, 5) is 13.4. The van der Waals surface area contributed by atoms with Crippen LogP contribution in [0.1, 0.15) is 62.1 Å². The van der Waals surface area contributed by atoms with Crippen molar-refractivity contribution in [3.05, 3.63) is 28.8 Å². The molecule has 2 aliphatic rings. The fourth-order valence-corrected chi connectivity index (χ4v) is 5.05. The van der Waals surface area contributed by atoms with Crippen molar-refractivity contribution in [2.75, 3.05) is 25.0 Å². The van der Waals surface area contributed by atoms with Crippen molar-refractivity contribution < 1.29 is 42.0 Å². The van der Waals surface area contributed by atoms with Gasteiger partial charge in [-0.05, 0) is 69.7 Å². The van der Waals surface area contributed by atoms with Crippen LogP contribution in [0.25, 0.3) is 0 Å². The van der Waals surface area contributed by atoms with Crippen LogP contribution in [0.5, 0.6) is 0 Å². The van der Waals surface area contributed by atoms with Crippen LogP contribution in [0.15, 0.2) is 12.1 Å². The maximum Gasteiger partial charge on any atom is 0.285 e. The molecule has 1 aromatic carbocycles. The van der Waals surface area contributed by atoms with E-state index in [-0.39, 0.29) is 44.2 Å². The third-order valence-corrected chi connectivity index (χ3v) is 6.69. The molecule has 1 aliphatic carbocycles. The predicted octanol–water partition coefficient (Wildman–Crippen LogP) is 4.05. The molecular formula is C21H30N3OY+. The van der Waals surface area contributed by atoms with Gasteiger partial charge in [0.2, 0.25) is 0 Å². The Morgan fingerprint density at radius 1 is 1.15 bits per heavy atom. The van der Waals surface area contributed by atoms with Gasteiger partial charge in [0.05, 0.1) is 31.3 Å². The summed E-state index contributed by atoms with van der Waals surface area (Å²) in [6.07, 6.45) is 6.92. The van der Waals surface area contributed by atoms with Crippen LogP contribution < -0.4 is 5.32 Å². The molecule has 1 radical (unpaired) electrons. The summed E-state index contributed by atoms with van der Waals surface area (Å²) in [7, 11) is 0. The van der Waals surface area contributed by atoms with Crippen molar-refractivity contribution in [3.63, 3.8) is 0 Å². The normalized spacial score (nSPS) is 20.2. The van der Waals surface area contributed by atoms with E-state index in [0.29, 0.717) is 5.56 Å². The van der Waals surface area contributed by atoms with Gasteiger partial charge >= 0.3 is 0 Å². The van der Waals surface area contributed by atoms with E-state index in [1.807, 2.05) is 26.0 Å². The van der Waals surface area contributed by atoms with Gasteiger partial charge in [-0.1, -0.05) is 0 Å². The van der Waals surface area contributed by atoms with Gasteiger partial charge in [-0.25, -0.2) is 0 Å². The number of hydrogen-bond donors (Lipinski definition) is 1. The number of carbonyl (C=O) groups excluding carboxylic acids is 1. The Morgan fingerprint density at radius 3 is 2.15 bits per heavy atom. The second-order valence-corrected chi connectivity index (χ2v) is 7.91. The molecule has 0 spiro atoms. The summed E-state index contributed by atoms with van der Waals surface area (Å²) in [5.74, 6) is 0.193. The van der Waals surface area contributed by atoms with Crippen molar-refractivity contribution >= 4 is 11.6 Å². The van der Waals surface area contributed by atoms with Gasteiger partial charge in [0.1, 0.15) is 0 Å². The molecule has 0 aromatic heterocycles. The maximum absolute atomic E-state index is 13.4. The fraction of sp³-hybridized carbons (Fsp3) is 0.619. The average molecular weight is 429 g/mol. The standard InChI is InChI=1S/C21H29N3O.Y/c1-4-24(11-6-5-7-12-24)21(9-8-10-21)20(25)23-19-16(2)13-18(15-22)14-17(19)3;/h13-14H,4-12H2,1-3H3;/p+1. The Hall–Kier alpha value is -0.756. The summed E-state index contributed by atoms with van der Waals surface area (Å²) in [5.41, 5.74) is 3.24. The molecule has 1 heterocycles. The number of piperidine rings is 1. The molecule has 4 nitrogen and oxygen atoms in total. The monoisotopic (exact) mass is 429 g/mol. The van der Waals surface area contributed by atoms with Crippen LogP contribution in [-0.4, -0.2) is 35.6 Å². The Kier molecular flexibility index (Phi) is 7.05. The summed E-state index contributed by atoms with van der Waals surface area (Å²) in [6.45, 7) is 9.50. The first-order valence-corrected chi connectivity index (χ1v) is 9.67. The van der Waals surface area contributed by atoms with Crippen LogP contribution in [0.2, 0.25) is 0 Å². The summed E-state index contributed by atoms with van der Waals surface area (Å²) >= 11 is 0. The first-order valence-electron chi connectivity index (χ1n) is 9.67. The zero-order valence-electron chi connectivity index (χ0n) is 16.4. The molecule has 5 heteroatoms. The Bertz CT molecular complexity index is 689. The van der Waals surface area contributed by atoms with Crippen LogP contribution >= 0.6 is 0 Å². The zero-order chi connectivity index (χ0) is 18.1. The van der Waals surface area contributed by atoms with E-state index in [1.54, 1.807) is 0 Å². The van der Waals surface area contributed by atoms with Crippen LogP contribution in [0.4, 0.5) is 5.69 Å². The molecule has 1 amide bonds. The van der Waals surface area contributed by atoms with Crippen molar-refractivity contribution in [1.82, 2.24) is 0 Å². The third kappa shape index (κ3) is 3.51. The molecule has 1 saturated carbocycles. The van der Waals surface area contributed by atoms with Crippen molar-refractivity contribution in [3.8, 4) is 6.07 Å². The zero-order valence-corrected chi connectivity index (χ0v) is 19.2. The number of nitriles is 1. The van der Waals surface area contributed by atoms with Gasteiger partial charge in [0, 0.05) is 51.2 Å². The van der Waals surface area contributed by atoms with Crippen molar-refractivity contribution in [2.45, 2.75) is 64.8 Å². The van der Waals surface area contributed by atoms with Crippen molar-refractivity contribution in [2.24, 2.45) is 0 Å². The van der Waals surface area contributed by atoms with E-state index in [1.165, 1.54) is 19.3 Å². The molecule has 0 bridgehead atoms. The minimum atomic E-state index is -0.248. The molecule has 26 heavy (non-hydrogen) atoms. The van der Waals surface area contributed by atoms with Crippen LogP contribution in [0.3, 0.4) is 0 Å². The number of anilines is 1. The van der Waals surface area contributed by atoms with E-state index in [9.17, 15) is 4.79 Å². The number of hydrogen-bond acceptors (Lipinski definition) is 2. The molecule has 137 valence electrons.